The van der Waals surface area contributed by atoms with Crippen LogP contribution in [0, 0.1) is 0 Å². The number of carbonyl (C=O) groups excluding carboxylic acids is 1. The van der Waals surface area contributed by atoms with Gasteiger partial charge in [0, 0.05) is 54.7 Å². The summed E-state index contributed by atoms with van der Waals surface area (Å²) in [5.41, 5.74) is 3.15. The molecule has 5 nitrogen and oxygen atoms in total. The van der Waals surface area contributed by atoms with E-state index in [1.54, 1.807) is 0 Å². The number of rotatable bonds is 5. The van der Waals surface area contributed by atoms with E-state index >= 15 is 0 Å². The molecule has 1 fully saturated rings. The third kappa shape index (κ3) is 4.77. The Labute approximate surface area is 180 Å². The van der Waals surface area contributed by atoms with Gasteiger partial charge in [-0.3, -0.25) is 4.79 Å². The zero-order valence-electron chi connectivity index (χ0n) is 16.3. The molecule has 0 aliphatic carbocycles. The van der Waals surface area contributed by atoms with Gasteiger partial charge >= 0.3 is 0 Å². The van der Waals surface area contributed by atoms with Crippen molar-refractivity contribution in [3.05, 3.63) is 76.1 Å². The average Bonchev–Trinajstić information content (AvgIpc) is 3.23. The van der Waals surface area contributed by atoms with Crippen LogP contribution < -0.4 is 4.90 Å². The summed E-state index contributed by atoms with van der Waals surface area (Å²) in [5.74, 6) is 0.926. The number of anilines is 1. The molecule has 0 unspecified atom stereocenters. The molecule has 3 aromatic rings. The Kier molecular flexibility index (Phi) is 6.11. The van der Waals surface area contributed by atoms with Crippen LogP contribution in [0.15, 0.2) is 48.5 Å². The van der Waals surface area contributed by atoms with E-state index in [2.05, 4.69) is 16.2 Å². The van der Waals surface area contributed by atoms with E-state index < -0.39 is 0 Å². The zero-order valence-corrected chi connectivity index (χ0v) is 17.9. The number of aromatic nitrogens is 2. The molecule has 0 saturated carbocycles. The van der Waals surface area contributed by atoms with Crippen LogP contribution in [0.4, 0.5) is 5.13 Å². The van der Waals surface area contributed by atoms with Gasteiger partial charge in [0.15, 0.2) is 0 Å². The minimum atomic E-state index is 0.105. The molecule has 0 atom stereocenters. The first kappa shape index (κ1) is 19.9. The SMILES string of the molecule is CCc1ccc(C(=O)N2CCN(c3nc(Cc4ccc(Cl)cc4)ns3)CC2)cc1. The zero-order chi connectivity index (χ0) is 20.2. The Morgan fingerprint density at radius 2 is 1.66 bits per heavy atom. The summed E-state index contributed by atoms with van der Waals surface area (Å²) in [7, 11) is 0. The Balaban J connectivity index is 1.34. The first-order chi connectivity index (χ1) is 14.1. The molecule has 2 heterocycles. The summed E-state index contributed by atoms with van der Waals surface area (Å²) < 4.78 is 4.50. The van der Waals surface area contributed by atoms with E-state index in [-0.39, 0.29) is 5.91 Å². The fraction of sp³-hybridized carbons (Fsp3) is 0.318. The fourth-order valence-corrected chi connectivity index (χ4v) is 4.26. The van der Waals surface area contributed by atoms with Gasteiger partial charge in [0.2, 0.25) is 5.13 Å². The lowest BCUT2D eigenvalue weighted by molar-refractivity contribution is 0.0746. The molecule has 1 aliphatic heterocycles. The number of nitrogens with zero attached hydrogens (tertiary/aromatic N) is 4. The Morgan fingerprint density at radius 1 is 1.00 bits per heavy atom. The summed E-state index contributed by atoms with van der Waals surface area (Å²) in [4.78, 5) is 21.6. The molecule has 0 bridgehead atoms. The third-order valence-corrected chi connectivity index (χ3v) is 6.25. The smallest absolute Gasteiger partial charge is 0.253 e. The number of halogens is 1. The van der Waals surface area contributed by atoms with Crippen LogP contribution >= 0.6 is 23.1 Å². The maximum Gasteiger partial charge on any atom is 0.253 e. The van der Waals surface area contributed by atoms with E-state index in [1.807, 2.05) is 53.4 Å². The highest BCUT2D eigenvalue weighted by atomic mass is 35.5. The molecule has 0 N–H and O–H groups in total. The van der Waals surface area contributed by atoms with E-state index in [9.17, 15) is 4.79 Å². The second-order valence-electron chi connectivity index (χ2n) is 7.13. The average molecular weight is 427 g/mol. The van der Waals surface area contributed by atoms with Crippen molar-refractivity contribution in [2.24, 2.45) is 0 Å². The van der Waals surface area contributed by atoms with E-state index in [0.717, 1.165) is 46.6 Å². The first-order valence-corrected chi connectivity index (χ1v) is 11.0. The minimum Gasteiger partial charge on any atom is -0.343 e. The quantitative estimate of drug-likeness (QED) is 0.610. The van der Waals surface area contributed by atoms with Crippen LogP contribution in [0.2, 0.25) is 5.02 Å². The maximum absolute atomic E-state index is 12.7. The van der Waals surface area contributed by atoms with Crippen LogP contribution in [0.1, 0.15) is 34.2 Å². The lowest BCUT2D eigenvalue weighted by Gasteiger charge is -2.34. The van der Waals surface area contributed by atoms with Crippen molar-refractivity contribution in [2.75, 3.05) is 31.1 Å². The molecule has 29 heavy (non-hydrogen) atoms. The number of amides is 1. The summed E-state index contributed by atoms with van der Waals surface area (Å²) in [6.07, 6.45) is 1.68. The van der Waals surface area contributed by atoms with E-state index in [1.165, 1.54) is 17.1 Å². The van der Waals surface area contributed by atoms with Crippen LogP contribution in [0.5, 0.6) is 0 Å². The summed E-state index contributed by atoms with van der Waals surface area (Å²) in [6, 6.07) is 15.7. The molecule has 0 radical (unpaired) electrons. The number of hydrogen-bond acceptors (Lipinski definition) is 5. The highest BCUT2D eigenvalue weighted by Gasteiger charge is 2.24. The topological polar surface area (TPSA) is 49.3 Å². The molecule has 1 saturated heterocycles. The second kappa shape index (κ2) is 8.93. The Bertz CT molecular complexity index is 963. The van der Waals surface area contributed by atoms with Gasteiger partial charge in [-0.05, 0) is 41.8 Å². The third-order valence-electron chi connectivity index (χ3n) is 5.18. The van der Waals surface area contributed by atoms with Gasteiger partial charge in [0.25, 0.3) is 5.91 Å². The lowest BCUT2D eigenvalue weighted by Crippen LogP contribution is -2.48. The molecule has 2 aromatic carbocycles. The van der Waals surface area contributed by atoms with Crippen molar-refractivity contribution < 1.29 is 4.79 Å². The maximum atomic E-state index is 12.7. The molecule has 150 valence electrons. The standard InChI is InChI=1S/C22H23ClN4OS/c1-2-16-3-7-18(8-4-16)21(28)26-11-13-27(14-12-26)22-24-20(25-29-22)15-17-5-9-19(23)10-6-17/h3-10H,2,11-15H2,1H3. The molecule has 7 heteroatoms. The second-order valence-corrected chi connectivity index (χ2v) is 8.29. The lowest BCUT2D eigenvalue weighted by atomic mass is 10.1. The van der Waals surface area contributed by atoms with Gasteiger partial charge in [-0.15, -0.1) is 0 Å². The van der Waals surface area contributed by atoms with Crippen LogP contribution in [0.3, 0.4) is 0 Å². The normalized spacial score (nSPS) is 14.3. The van der Waals surface area contributed by atoms with Crippen LogP contribution in [0.25, 0.3) is 0 Å². The van der Waals surface area contributed by atoms with Gasteiger partial charge in [-0.25, -0.2) is 4.98 Å². The van der Waals surface area contributed by atoms with Gasteiger partial charge in [0.1, 0.15) is 5.82 Å². The highest BCUT2D eigenvalue weighted by Crippen LogP contribution is 2.21. The summed E-state index contributed by atoms with van der Waals surface area (Å²) in [5, 5.41) is 1.66. The van der Waals surface area contributed by atoms with Crippen molar-refractivity contribution in [3.8, 4) is 0 Å². The number of carbonyl (C=O) groups is 1. The number of benzene rings is 2. The highest BCUT2D eigenvalue weighted by molar-refractivity contribution is 7.09. The largest absolute Gasteiger partial charge is 0.343 e. The van der Waals surface area contributed by atoms with Crippen molar-refractivity contribution in [1.82, 2.24) is 14.3 Å². The number of aryl methyl sites for hydroxylation is 1. The molecule has 0 spiro atoms. The minimum absolute atomic E-state index is 0.105. The fourth-order valence-electron chi connectivity index (χ4n) is 3.40. The summed E-state index contributed by atoms with van der Waals surface area (Å²) in [6.45, 7) is 5.05. The summed E-state index contributed by atoms with van der Waals surface area (Å²) >= 11 is 7.37. The van der Waals surface area contributed by atoms with Gasteiger partial charge < -0.3 is 9.80 Å². The van der Waals surface area contributed by atoms with Crippen molar-refractivity contribution in [1.29, 1.82) is 0 Å². The molecule has 4 rings (SSSR count). The monoisotopic (exact) mass is 426 g/mol. The van der Waals surface area contributed by atoms with E-state index in [4.69, 9.17) is 16.6 Å². The Morgan fingerprint density at radius 3 is 2.31 bits per heavy atom. The van der Waals surface area contributed by atoms with Gasteiger partial charge in [-0.1, -0.05) is 42.8 Å². The molecule has 1 aromatic heterocycles. The van der Waals surface area contributed by atoms with Gasteiger partial charge in [0.05, 0.1) is 0 Å². The van der Waals surface area contributed by atoms with Crippen LogP contribution in [-0.4, -0.2) is 46.3 Å². The van der Waals surface area contributed by atoms with Crippen molar-refractivity contribution >= 4 is 34.2 Å². The van der Waals surface area contributed by atoms with E-state index in [0.29, 0.717) is 19.5 Å². The molecule has 1 aliphatic rings. The van der Waals surface area contributed by atoms with Crippen molar-refractivity contribution in [3.63, 3.8) is 0 Å². The molecular weight excluding hydrogens is 404 g/mol. The first-order valence-electron chi connectivity index (χ1n) is 9.82. The molecular formula is C22H23ClN4OS. The van der Waals surface area contributed by atoms with Gasteiger partial charge in [-0.2, -0.15) is 4.37 Å². The number of hydrogen-bond donors (Lipinski definition) is 0. The predicted molar refractivity (Wildman–Crippen MR) is 118 cm³/mol. The van der Waals surface area contributed by atoms with Crippen LogP contribution in [-0.2, 0) is 12.8 Å². The Hall–Kier alpha value is -2.44. The van der Waals surface area contributed by atoms with Crippen molar-refractivity contribution in [2.45, 2.75) is 19.8 Å². The molecule has 1 amide bonds. The predicted octanol–water partition coefficient (Wildman–Crippen LogP) is 4.31. The number of piperazine rings is 1.